The summed E-state index contributed by atoms with van der Waals surface area (Å²) in [4.78, 5) is 14.6. The number of likely N-dealkylation sites (tertiary alicyclic amines) is 1. The summed E-state index contributed by atoms with van der Waals surface area (Å²) in [5.41, 5.74) is 2.51. The fourth-order valence-electron chi connectivity index (χ4n) is 3.10. The molecule has 0 saturated carbocycles. The lowest BCUT2D eigenvalue weighted by molar-refractivity contribution is 0.0895. The largest absolute Gasteiger partial charge is 0.347 e. The van der Waals surface area contributed by atoms with Crippen LogP contribution in [0.1, 0.15) is 34.6 Å². The third kappa shape index (κ3) is 4.00. The first kappa shape index (κ1) is 16.6. The molecule has 1 aliphatic heterocycles. The van der Waals surface area contributed by atoms with Crippen molar-refractivity contribution in [2.75, 3.05) is 13.1 Å². The molecule has 24 heavy (non-hydrogen) atoms. The van der Waals surface area contributed by atoms with Crippen LogP contribution in [0.25, 0.3) is 0 Å². The van der Waals surface area contributed by atoms with Crippen molar-refractivity contribution in [2.45, 2.75) is 32.4 Å². The average molecular weight is 330 g/mol. The van der Waals surface area contributed by atoms with E-state index >= 15 is 0 Å². The Kier molecular flexibility index (Phi) is 4.94. The van der Waals surface area contributed by atoms with E-state index in [0.717, 1.165) is 43.7 Å². The van der Waals surface area contributed by atoms with Crippen LogP contribution in [0.15, 0.2) is 30.3 Å². The minimum absolute atomic E-state index is 0.118. The molecule has 1 saturated heterocycles. The van der Waals surface area contributed by atoms with Gasteiger partial charge in [-0.2, -0.15) is 5.10 Å². The standard InChI is InChI=1S/C18H23FN4O/c1-13-10-17(21-22(13)2)18(24)20-16-4-3-9-23(12-16)11-14-5-7-15(19)8-6-14/h5-8,10,16H,3-4,9,11-12H2,1-2H3,(H,20,24). The zero-order chi connectivity index (χ0) is 17.1. The van der Waals surface area contributed by atoms with E-state index < -0.39 is 0 Å². The van der Waals surface area contributed by atoms with E-state index in [0.29, 0.717) is 5.69 Å². The summed E-state index contributed by atoms with van der Waals surface area (Å²) in [6, 6.07) is 8.52. The van der Waals surface area contributed by atoms with E-state index in [4.69, 9.17) is 0 Å². The van der Waals surface area contributed by atoms with Crippen LogP contribution in [-0.4, -0.2) is 39.7 Å². The molecular weight excluding hydrogens is 307 g/mol. The monoisotopic (exact) mass is 330 g/mol. The van der Waals surface area contributed by atoms with Gasteiger partial charge in [-0.15, -0.1) is 0 Å². The number of hydrogen-bond acceptors (Lipinski definition) is 3. The van der Waals surface area contributed by atoms with Gasteiger partial charge in [-0.25, -0.2) is 4.39 Å². The van der Waals surface area contributed by atoms with Crippen molar-refractivity contribution in [1.82, 2.24) is 20.0 Å². The summed E-state index contributed by atoms with van der Waals surface area (Å²) in [5.74, 6) is -0.333. The number of amides is 1. The topological polar surface area (TPSA) is 50.2 Å². The molecule has 0 bridgehead atoms. The van der Waals surface area contributed by atoms with Crippen molar-refractivity contribution in [1.29, 1.82) is 0 Å². The number of aromatic nitrogens is 2. The number of hydrogen-bond donors (Lipinski definition) is 1. The summed E-state index contributed by atoms with van der Waals surface area (Å²) in [7, 11) is 1.83. The summed E-state index contributed by atoms with van der Waals surface area (Å²) >= 11 is 0. The maximum atomic E-state index is 13.0. The number of halogens is 1. The summed E-state index contributed by atoms with van der Waals surface area (Å²) in [5, 5.41) is 7.31. The van der Waals surface area contributed by atoms with Crippen LogP contribution in [0.4, 0.5) is 4.39 Å². The van der Waals surface area contributed by atoms with E-state index in [2.05, 4.69) is 15.3 Å². The molecule has 1 N–H and O–H groups in total. The highest BCUT2D eigenvalue weighted by molar-refractivity contribution is 5.92. The Morgan fingerprint density at radius 2 is 2.12 bits per heavy atom. The van der Waals surface area contributed by atoms with Gasteiger partial charge >= 0.3 is 0 Å². The quantitative estimate of drug-likeness (QED) is 0.935. The third-order valence-corrected chi connectivity index (χ3v) is 4.51. The van der Waals surface area contributed by atoms with Crippen LogP contribution >= 0.6 is 0 Å². The highest BCUT2D eigenvalue weighted by atomic mass is 19.1. The second kappa shape index (κ2) is 7.13. The van der Waals surface area contributed by atoms with Crippen molar-refractivity contribution in [2.24, 2.45) is 7.05 Å². The molecule has 1 amide bonds. The molecule has 2 heterocycles. The first-order valence-corrected chi connectivity index (χ1v) is 8.29. The Hall–Kier alpha value is -2.21. The molecule has 1 unspecified atom stereocenters. The van der Waals surface area contributed by atoms with E-state index in [-0.39, 0.29) is 17.8 Å². The molecule has 128 valence electrons. The molecular formula is C18H23FN4O. The minimum atomic E-state index is -0.215. The maximum Gasteiger partial charge on any atom is 0.272 e. The number of aryl methyl sites for hydroxylation is 2. The van der Waals surface area contributed by atoms with Gasteiger partial charge in [0.1, 0.15) is 11.5 Å². The van der Waals surface area contributed by atoms with Gasteiger partial charge < -0.3 is 5.32 Å². The maximum absolute atomic E-state index is 13.0. The Bertz CT molecular complexity index is 691. The Labute approximate surface area is 141 Å². The van der Waals surface area contributed by atoms with Crippen LogP contribution in [0.3, 0.4) is 0 Å². The van der Waals surface area contributed by atoms with E-state index in [1.165, 1.54) is 12.1 Å². The lowest BCUT2D eigenvalue weighted by Crippen LogP contribution is -2.47. The number of rotatable bonds is 4. The predicted octanol–water partition coefficient (Wildman–Crippen LogP) is 2.26. The number of carbonyl (C=O) groups excluding carboxylic acids is 1. The fraction of sp³-hybridized carbons (Fsp3) is 0.444. The minimum Gasteiger partial charge on any atom is -0.347 e. The number of nitrogens with one attached hydrogen (secondary N) is 1. The highest BCUT2D eigenvalue weighted by Gasteiger charge is 2.23. The van der Waals surface area contributed by atoms with Crippen molar-refractivity contribution in [3.63, 3.8) is 0 Å². The smallest absolute Gasteiger partial charge is 0.272 e. The first-order chi connectivity index (χ1) is 11.5. The molecule has 5 nitrogen and oxygen atoms in total. The number of carbonyl (C=O) groups is 1. The molecule has 2 aromatic rings. The zero-order valence-electron chi connectivity index (χ0n) is 14.1. The van der Waals surface area contributed by atoms with Gasteiger partial charge in [-0.3, -0.25) is 14.4 Å². The van der Waals surface area contributed by atoms with Crippen molar-refractivity contribution in [3.8, 4) is 0 Å². The fourth-order valence-corrected chi connectivity index (χ4v) is 3.10. The number of piperidine rings is 1. The zero-order valence-corrected chi connectivity index (χ0v) is 14.1. The predicted molar refractivity (Wildman–Crippen MR) is 90.1 cm³/mol. The van der Waals surface area contributed by atoms with Crippen LogP contribution in [0, 0.1) is 12.7 Å². The van der Waals surface area contributed by atoms with Gasteiger partial charge in [0.05, 0.1) is 0 Å². The molecule has 1 fully saturated rings. The first-order valence-electron chi connectivity index (χ1n) is 8.29. The highest BCUT2D eigenvalue weighted by Crippen LogP contribution is 2.15. The van der Waals surface area contributed by atoms with Crippen LogP contribution in [0.2, 0.25) is 0 Å². The molecule has 0 aliphatic carbocycles. The van der Waals surface area contributed by atoms with Gasteiger partial charge in [-0.05, 0) is 50.1 Å². The van der Waals surface area contributed by atoms with Gasteiger partial charge in [0.25, 0.3) is 5.91 Å². The van der Waals surface area contributed by atoms with Crippen molar-refractivity contribution < 1.29 is 9.18 Å². The van der Waals surface area contributed by atoms with Gasteiger partial charge in [-0.1, -0.05) is 12.1 Å². The molecule has 1 aromatic heterocycles. The molecule has 0 radical (unpaired) electrons. The molecule has 1 aromatic carbocycles. The lowest BCUT2D eigenvalue weighted by Gasteiger charge is -2.33. The molecule has 0 spiro atoms. The van der Waals surface area contributed by atoms with Gasteiger partial charge in [0.15, 0.2) is 0 Å². The molecule has 1 atom stereocenters. The van der Waals surface area contributed by atoms with Crippen molar-refractivity contribution in [3.05, 3.63) is 53.1 Å². The molecule has 1 aliphatic rings. The Morgan fingerprint density at radius 1 is 1.38 bits per heavy atom. The number of benzene rings is 1. The van der Waals surface area contributed by atoms with E-state index in [1.807, 2.05) is 26.1 Å². The van der Waals surface area contributed by atoms with Crippen LogP contribution in [-0.2, 0) is 13.6 Å². The summed E-state index contributed by atoms with van der Waals surface area (Å²) < 4.78 is 14.7. The van der Waals surface area contributed by atoms with E-state index in [9.17, 15) is 9.18 Å². The second-order valence-electron chi connectivity index (χ2n) is 6.47. The normalized spacial score (nSPS) is 18.5. The van der Waals surface area contributed by atoms with Crippen LogP contribution < -0.4 is 5.32 Å². The van der Waals surface area contributed by atoms with Gasteiger partial charge in [0.2, 0.25) is 0 Å². The Balaban J connectivity index is 1.57. The Morgan fingerprint density at radius 3 is 2.79 bits per heavy atom. The molecule has 3 rings (SSSR count). The lowest BCUT2D eigenvalue weighted by atomic mass is 10.0. The van der Waals surface area contributed by atoms with Gasteiger partial charge in [0, 0.05) is 31.9 Å². The van der Waals surface area contributed by atoms with Crippen molar-refractivity contribution >= 4 is 5.91 Å². The van der Waals surface area contributed by atoms with E-state index in [1.54, 1.807) is 10.7 Å². The average Bonchev–Trinajstić information content (AvgIpc) is 2.90. The molecule has 6 heteroatoms. The number of nitrogens with zero attached hydrogens (tertiary/aromatic N) is 3. The third-order valence-electron chi connectivity index (χ3n) is 4.51. The SMILES string of the molecule is Cc1cc(C(=O)NC2CCCN(Cc3ccc(F)cc3)C2)nn1C. The summed E-state index contributed by atoms with van der Waals surface area (Å²) in [6.07, 6.45) is 2.00. The second-order valence-corrected chi connectivity index (χ2v) is 6.47. The summed E-state index contributed by atoms with van der Waals surface area (Å²) in [6.45, 7) is 4.49. The van der Waals surface area contributed by atoms with Crippen LogP contribution in [0.5, 0.6) is 0 Å².